The molecule has 0 heterocycles. The summed E-state index contributed by atoms with van der Waals surface area (Å²) in [4.78, 5) is 0. The summed E-state index contributed by atoms with van der Waals surface area (Å²) < 4.78 is 31.0. The van der Waals surface area contributed by atoms with Crippen molar-refractivity contribution in [2.45, 2.75) is 31.9 Å². The predicted molar refractivity (Wildman–Crippen MR) is 55.4 cm³/mol. The summed E-state index contributed by atoms with van der Waals surface area (Å²) in [5, 5.41) is -0.609. The van der Waals surface area contributed by atoms with Crippen LogP contribution in [0.5, 0.6) is 0 Å². The highest BCUT2D eigenvalue weighted by Gasteiger charge is 2.37. The largest absolute Gasteiger partial charge is 0.330 e. The zero-order valence-electron chi connectivity index (χ0n) is 8.68. The van der Waals surface area contributed by atoms with Crippen molar-refractivity contribution >= 4 is 10.1 Å². The van der Waals surface area contributed by atoms with Crippen molar-refractivity contribution in [1.82, 2.24) is 0 Å². The monoisotopic (exact) mass is 221 g/mol. The molecule has 4 nitrogen and oxygen atoms in total. The second-order valence-corrected chi connectivity index (χ2v) is 6.14. The van der Waals surface area contributed by atoms with Gasteiger partial charge in [-0.05, 0) is 37.1 Å². The Hall–Kier alpha value is -0.130. The molecule has 0 spiro atoms. The molecule has 1 aliphatic carbocycles. The summed E-state index contributed by atoms with van der Waals surface area (Å²) in [6.45, 7) is 4.62. The van der Waals surface area contributed by atoms with Crippen molar-refractivity contribution in [2.24, 2.45) is 23.5 Å². The molecule has 0 aliphatic heterocycles. The normalized spacial score (nSPS) is 39.7. The topological polar surface area (TPSA) is 80.4 Å². The summed E-state index contributed by atoms with van der Waals surface area (Å²) >= 11 is 0. The lowest BCUT2D eigenvalue weighted by Gasteiger charge is -2.36. The second-order valence-electron chi connectivity index (χ2n) is 4.44. The number of nitrogens with two attached hydrogens (primary N) is 1. The van der Waals surface area contributed by atoms with E-state index < -0.39 is 15.4 Å². The maximum absolute atomic E-state index is 11.0. The molecule has 1 aliphatic rings. The van der Waals surface area contributed by atoms with Crippen LogP contribution in [0, 0.1) is 17.8 Å². The highest BCUT2D eigenvalue weighted by Crippen LogP contribution is 2.36. The number of hydrogen-bond acceptors (Lipinski definition) is 3. The van der Waals surface area contributed by atoms with Gasteiger partial charge in [-0.15, -0.1) is 0 Å². The van der Waals surface area contributed by atoms with Crippen LogP contribution in [0.4, 0.5) is 0 Å². The lowest BCUT2D eigenvalue weighted by atomic mass is 9.74. The van der Waals surface area contributed by atoms with Crippen LogP contribution in [-0.4, -0.2) is 24.8 Å². The molecule has 3 N–H and O–H groups in total. The zero-order chi connectivity index (χ0) is 10.9. The predicted octanol–water partition coefficient (Wildman–Crippen LogP) is 0.884. The molecule has 0 aromatic carbocycles. The van der Waals surface area contributed by atoms with Crippen LogP contribution in [-0.2, 0) is 10.1 Å². The van der Waals surface area contributed by atoms with E-state index in [0.29, 0.717) is 31.2 Å². The third-order valence-electron chi connectivity index (χ3n) is 3.57. The van der Waals surface area contributed by atoms with E-state index in [-0.39, 0.29) is 5.92 Å². The Kier molecular flexibility index (Phi) is 3.55. The maximum Gasteiger partial charge on any atom is 0.267 e. The standard InChI is InChI=1S/C9H19NO3S/c1-6-3-9(14(11,12)13)4-8(5-10)7(6)2/h6-9H,3-5,10H2,1-2H3,(H,11,12,13). The molecule has 4 atom stereocenters. The smallest absolute Gasteiger partial charge is 0.267 e. The minimum absolute atomic E-state index is 0.214. The van der Waals surface area contributed by atoms with E-state index in [1.54, 1.807) is 0 Å². The van der Waals surface area contributed by atoms with E-state index >= 15 is 0 Å². The molecule has 1 rings (SSSR count). The van der Waals surface area contributed by atoms with Crippen LogP contribution in [0.25, 0.3) is 0 Å². The molecule has 0 radical (unpaired) electrons. The van der Waals surface area contributed by atoms with Crippen LogP contribution < -0.4 is 5.73 Å². The highest BCUT2D eigenvalue weighted by atomic mass is 32.2. The first-order valence-electron chi connectivity index (χ1n) is 5.02. The van der Waals surface area contributed by atoms with Gasteiger partial charge in [0.05, 0.1) is 5.25 Å². The van der Waals surface area contributed by atoms with E-state index in [9.17, 15) is 8.42 Å². The SMILES string of the molecule is CC1CC(S(=O)(=O)O)CC(CN)C1C. The molecule has 1 saturated carbocycles. The molecule has 0 amide bonds. The molecule has 14 heavy (non-hydrogen) atoms. The van der Waals surface area contributed by atoms with E-state index in [4.69, 9.17) is 10.3 Å². The average Bonchev–Trinajstić information content (AvgIpc) is 2.07. The summed E-state index contributed by atoms with van der Waals surface area (Å²) in [6, 6.07) is 0. The molecule has 1 fully saturated rings. The first-order chi connectivity index (χ1) is 6.36. The van der Waals surface area contributed by atoms with Crippen molar-refractivity contribution in [1.29, 1.82) is 0 Å². The first kappa shape index (κ1) is 11.9. The Morgan fingerprint density at radius 3 is 2.36 bits per heavy atom. The Labute approximate surface area is 85.6 Å². The third kappa shape index (κ3) is 2.46. The van der Waals surface area contributed by atoms with Gasteiger partial charge in [0, 0.05) is 0 Å². The van der Waals surface area contributed by atoms with Crippen molar-refractivity contribution in [3.8, 4) is 0 Å². The van der Waals surface area contributed by atoms with Gasteiger partial charge in [-0.1, -0.05) is 13.8 Å². The lowest BCUT2D eigenvalue weighted by molar-refractivity contribution is 0.186. The van der Waals surface area contributed by atoms with Gasteiger partial charge in [-0.2, -0.15) is 8.42 Å². The van der Waals surface area contributed by atoms with Crippen LogP contribution in [0.3, 0.4) is 0 Å². The van der Waals surface area contributed by atoms with E-state index in [1.165, 1.54) is 0 Å². The summed E-state index contributed by atoms with van der Waals surface area (Å²) in [5.74, 6) is 0.966. The van der Waals surface area contributed by atoms with Crippen molar-refractivity contribution in [2.75, 3.05) is 6.54 Å². The first-order valence-corrected chi connectivity index (χ1v) is 6.53. The third-order valence-corrected chi connectivity index (χ3v) is 4.79. The molecule has 84 valence electrons. The molecule has 0 bridgehead atoms. The lowest BCUT2D eigenvalue weighted by Crippen LogP contribution is -2.39. The quantitative estimate of drug-likeness (QED) is 0.678. The van der Waals surface area contributed by atoms with Crippen molar-refractivity contribution in [3.05, 3.63) is 0 Å². The van der Waals surface area contributed by atoms with Crippen LogP contribution in [0.1, 0.15) is 26.7 Å². The number of rotatable bonds is 2. The minimum Gasteiger partial charge on any atom is -0.330 e. The van der Waals surface area contributed by atoms with Crippen molar-refractivity contribution < 1.29 is 13.0 Å². The second kappa shape index (κ2) is 4.16. The van der Waals surface area contributed by atoms with Gasteiger partial charge >= 0.3 is 0 Å². The van der Waals surface area contributed by atoms with Crippen LogP contribution >= 0.6 is 0 Å². The molecular formula is C9H19NO3S. The molecule has 0 aromatic rings. The Bertz CT molecular complexity index is 288. The van der Waals surface area contributed by atoms with Crippen molar-refractivity contribution in [3.63, 3.8) is 0 Å². The molecule has 4 unspecified atom stereocenters. The average molecular weight is 221 g/mol. The van der Waals surface area contributed by atoms with E-state index in [1.807, 2.05) is 6.92 Å². The van der Waals surface area contributed by atoms with Gasteiger partial charge in [0.15, 0.2) is 0 Å². The fraction of sp³-hybridized carbons (Fsp3) is 1.00. The molecule has 0 saturated heterocycles. The summed E-state index contributed by atoms with van der Waals surface area (Å²) in [5.41, 5.74) is 5.58. The van der Waals surface area contributed by atoms with Gasteiger partial charge < -0.3 is 5.73 Å². The summed E-state index contributed by atoms with van der Waals surface area (Å²) in [7, 11) is -3.88. The van der Waals surface area contributed by atoms with Crippen LogP contribution in [0.15, 0.2) is 0 Å². The fourth-order valence-corrected chi connectivity index (χ4v) is 3.33. The van der Waals surface area contributed by atoms with Crippen LogP contribution in [0.2, 0.25) is 0 Å². The molecular weight excluding hydrogens is 202 g/mol. The minimum atomic E-state index is -3.88. The summed E-state index contributed by atoms with van der Waals surface area (Å²) in [6.07, 6.45) is 1.05. The fourth-order valence-electron chi connectivity index (χ4n) is 2.30. The molecule has 5 heteroatoms. The van der Waals surface area contributed by atoms with Gasteiger partial charge in [0.2, 0.25) is 0 Å². The Morgan fingerprint density at radius 1 is 1.36 bits per heavy atom. The van der Waals surface area contributed by atoms with Gasteiger partial charge in [0.25, 0.3) is 10.1 Å². The van der Waals surface area contributed by atoms with Gasteiger partial charge in [0.1, 0.15) is 0 Å². The van der Waals surface area contributed by atoms with E-state index in [2.05, 4.69) is 6.92 Å². The van der Waals surface area contributed by atoms with E-state index in [0.717, 1.165) is 0 Å². The van der Waals surface area contributed by atoms with Gasteiger partial charge in [-0.25, -0.2) is 0 Å². The highest BCUT2D eigenvalue weighted by molar-refractivity contribution is 7.86. The Morgan fingerprint density at radius 2 is 1.93 bits per heavy atom. The number of hydrogen-bond donors (Lipinski definition) is 2. The Balaban J connectivity index is 2.78. The zero-order valence-corrected chi connectivity index (χ0v) is 9.50. The molecule has 0 aromatic heterocycles. The van der Waals surface area contributed by atoms with Gasteiger partial charge in [-0.3, -0.25) is 4.55 Å². The maximum atomic E-state index is 11.0.